The van der Waals surface area contributed by atoms with Crippen LogP contribution in [0.15, 0.2) is 24.3 Å². The lowest BCUT2D eigenvalue weighted by Gasteiger charge is -2.31. The second-order valence-corrected chi connectivity index (χ2v) is 6.92. The molecule has 1 heterocycles. The molecule has 0 aromatic heterocycles. The molecule has 130 valence electrons. The third kappa shape index (κ3) is 4.19. The summed E-state index contributed by atoms with van der Waals surface area (Å²) in [6.45, 7) is 1.30. The maximum Gasteiger partial charge on any atom is 0.317 e. The summed E-state index contributed by atoms with van der Waals surface area (Å²) >= 11 is 0. The summed E-state index contributed by atoms with van der Waals surface area (Å²) in [6, 6.07) is 8.22. The molecule has 0 bridgehead atoms. The first-order valence-electron chi connectivity index (χ1n) is 8.66. The number of amides is 3. The highest BCUT2D eigenvalue weighted by Crippen LogP contribution is 2.23. The fourth-order valence-electron chi connectivity index (χ4n) is 2.93. The molecule has 2 fully saturated rings. The number of carbonyl (C=O) groups is 2. The Morgan fingerprint density at radius 2 is 1.67 bits per heavy atom. The van der Waals surface area contributed by atoms with Crippen molar-refractivity contribution in [1.82, 2.24) is 10.2 Å². The zero-order valence-corrected chi connectivity index (χ0v) is 14.4. The van der Waals surface area contributed by atoms with Gasteiger partial charge < -0.3 is 20.4 Å². The minimum Gasteiger partial charge on any atom is -0.378 e. The van der Waals surface area contributed by atoms with Crippen molar-refractivity contribution in [3.63, 3.8) is 0 Å². The molecule has 0 radical (unpaired) electrons. The van der Waals surface area contributed by atoms with Crippen LogP contribution in [0.2, 0.25) is 0 Å². The molecular weight excluding hydrogens is 304 g/mol. The number of nitrogens with zero attached hydrogens (tertiary/aromatic N) is 2. The van der Waals surface area contributed by atoms with E-state index >= 15 is 0 Å². The van der Waals surface area contributed by atoms with Crippen LogP contribution >= 0.6 is 0 Å². The van der Waals surface area contributed by atoms with Gasteiger partial charge in [-0.15, -0.1) is 0 Å². The first-order valence-corrected chi connectivity index (χ1v) is 8.66. The topological polar surface area (TPSA) is 64.7 Å². The number of benzene rings is 1. The van der Waals surface area contributed by atoms with Gasteiger partial charge in [0.2, 0.25) is 5.91 Å². The number of likely N-dealkylation sites (tertiary alicyclic amines) is 1. The number of hydrogen-bond acceptors (Lipinski definition) is 3. The Kier molecular flexibility index (Phi) is 4.92. The molecule has 1 aliphatic heterocycles. The van der Waals surface area contributed by atoms with Crippen LogP contribution in [0.25, 0.3) is 0 Å². The van der Waals surface area contributed by atoms with Gasteiger partial charge in [-0.3, -0.25) is 4.79 Å². The predicted molar refractivity (Wildman–Crippen MR) is 95.2 cm³/mol. The highest BCUT2D eigenvalue weighted by atomic mass is 16.2. The molecule has 6 heteroatoms. The van der Waals surface area contributed by atoms with Crippen LogP contribution in [0, 0.1) is 5.92 Å². The van der Waals surface area contributed by atoms with E-state index in [0.29, 0.717) is 19.1 Å². The fraction of sp³-hybridized carbons (Fsp3) is 0.556. The standard InChI is InChI=1S/C18H26N4O2/c1-21(2)16-7-5-14(6-8-16)19-17(23)13-9-11-22(12-10-13)18(24)20-15-3-4-15/h5-8,13,15H,3-4,9-12H2,1-2H3,(H,19,23)(H,20,24). The number of carbonyl (C=O) groups excluding carboxylic acids is 2. The van der Waals surface area contributed by atoms with Crippen LogP contribution in [-0.4, -0.2) is 50.1 Å². The Hall–Kier alpha value is -2.24. The molecule has 1 aromatic rings. The molecule has 2 aliphatic rings. The predicted octanol–water partition coefficient (Wildman–Crippen LogP) is 2.28. The molecular formula is C18H26N4O2. The molecule has 0 unspecified atom stereocenters. The third-order valence-electron chi connectivity index (χ3n) is 4.71. The largest absolute Gasteiger partial charge is 0.378 e. The molecule has 1 aliphatic carbocycles. The number of urea groups is 1. The van der Waals surface area contributed by atoms with Gasteiger partial charge in [0.1, 0.15) is 0 Å². The number of hydrogen-bond donors (Lipinski definition) is 2. The van der Waals surface area contributed by atoms with Crippen molar-refractivity contribution in [3.05, 3.63) is 24.3 Å². The number of nitrogens with one attached hydrogen (secondary N) is 2. The van der Waals surface area contributed by atoms with Gasteiger partial charge in [-0.25, -0.2) is 4.79 Å². The Bertz CT molecular complexity index is 588. The monoisotopic (exact) mass is 330 g/mol. The van der Waals surface area contributed by atoms with Crippen molar-refractivity contribution in [3.8, 4) is 0 Å². The minimum atomic E-state index is -0.0245. The second kappa shape index (κ2) is 7.11. The summed E-state index contributed by atoms with van der Waals surface area (Å²) in [5, 5.41) is 5.99. The van der Waals surface area contributed by atoms with E-state index in [1.54, 1.807) is 0 Å². The number of piperidine rings is 1. The van der Waals surface area contributed by atoms with Crippen molar-refractivity contribution in [2.24, 2.45) is 5.92 Å². The molecule has 2 N–H and O–H groups in total. The minimum absolute atomic E-state index is 0.0237. The van der Waals surface area contributed by atoms with E-state index in [4.69, 9.17) is 0 Å². The lowest BCUT2D eigenvalue weighted by Crippen LogP contribution is -2.46. The summed E-state index contributed by atoms with van der Waals surface area (Å²) in [4.78, 5) is 28.3. The van der Waals surface area contributed by atoms with Crippen LogP contribution in [0.5, 0.6) is 0 Å². The van der Waals surface area contributed by atoms with Crippen LogP contribution in [0.3, 0.4) is 0 Å². The van der Waals surface area contributed by atoms with E-state index in [0.717, 1.165) is 37.1 Å². The highest BCUT2D eigenvalue weighted by molar-refractivity contribution is 5.93. The van der Waals surface area contributed by atoms with Crippen LogP contribution in [0.1, 0.15) is 25.7 Å². The third-order valence-corrected chi connectivity index (χ3v) is 4.71. The maximum absolute atomic E-state index is 12.4. The molecule has 0 spiro atoms. The van der Waals surface area contributed by atoms with Crippen molar-refractivity contribution >= 4 is 23.3 Å². The smallest absolute Gasteiger partial charge is 0.317 e. The molecule has 24 heavy (non-hydrogen) atoms. The first kappa shape index (κ1) is 16.6. The Balaban J connectivity index is 1.46. The zero-order valence-electron chi connectivity index (χ0n) is 14.4. The van der Waals surface area contributed by atoms with E-state index in [1.165, 1.54) is 0 Å². The average Bonchev–Trinajstić information content (AvgIpc) is 3.39. The van der Waals surface area contributed by atoms with Crippen LogP contribution in [-0.2, 0) is 4.79 Å². The SMILES string of the molecule is CN(C)c1ccc(NC(=O)C2CCN(C(=O)NC3CC3)CC2)cc1. The summed E-state index contributed by atoms with van der Waals surface area (Å²) in [5.74, 6) is 0.0263. The van der Waals surface area contributed by atoms with Gasteiger partial charge in [0.05, 0.1) is 0 Å². The van der Waals surface area contributed by atoms with E-state index in [1.807, 2.05) is 48.2 Å². The molecule has 1 saturated carbocycles. The van der Waals surface area contributed by atoms with E-state index in [-0.39, 0.29) is 17.9 Å². The van der Waals surface area contributed by atoms with Crippen molar-refractivity contribution < 1.29 is 9.59 Å². The summed E-state index contributed by atoms with van der Waals surface area (Å²) < 4.78 is 0. The lowest BCUT2D eigenvalue weighted by molar-refractivity contribution is -0.121. The van der Waals surface area contributed by atoms with Gasteiger partial charge in [0, 0.05) is 50.5 Å². The van der Waals surface area contributed by atoms with Gasteiger partial charge in [0.15, 0.2) is 0 Å². The number of rotatable bonds is 4. The quantitative estimate of drug-likeness (QED) is 0.890. The van der Waals surface area contributed by atoms with E-state index in [2.05, 4.69) is 10.6 Å². The first-order chi connectivity index (χ1) is 11.5. The molecule has 0 atom stereocenters. The summed E-state index contributed by atoms with van der Waals surface area (Å²) in [5.41, 5.74) is 1.92. The molecule has 1 aromatic carbocycles. The fourth-order valence-corrected chi connectivity index (χ4v) is 2.93. The van der Waals surface area contributed by atoms with Gasteiger partial charge in [-0.2, -0.15) is 0 Å². The van der Waals surface area contributed by atoms with Crippen molar-refractivity contribution in [2.45, 2.75) is 31.7 Å². The molecule has 3 amide bonds. The Morgan fingerprint density at radius 1 is 1.04 bits per heavy atom. The second-order valence-electron chi connectivity index (χ2n) is 6.92. The molecule has 6 nitrogen and oxygen atoms in total. The average molecular weight is 330 g/mol. The van der Waals surface area contributed by atoms with Gasteiger partial charge in [-0.1, -0.05) is 0 Å². The van der Waals surface area contributed by atoms with Crippen molar-refractivity contribution in [1.29, 1.82) is 0 Å². The Labute approximate surface area is 143 Å². The van der Waals surface area contributed by atoms with Crippen LogP contribution in [0.4, 0.5) is 16.2 Å². The summed E-state index contributed by atoms with van der Waals surface area (Å²) in [6.07, 6.45) is 3.63. The summed E-state index contributed by atoms with van der Waals surface area (Å²) in [7, 11) is 3.97. The van der Waals surface area contributed by atoms with Crippen LogP contribution < -0.4 is 15.5 Å². The zero-order chi connectivity index (χ0) is 17.1. The molecule has 1 saturated heterocycles. The highest BCUT2D eigenvalue weighted by Gasteiger charge is 2.30. The maximum atomic E-state index is 12.4. The van der Waals surface area contributed by atoms with Gasteiger partial charge in [-0.05, 0) is 49.9 Å². The van der Waals surface area contributed by atoms with E-state index in [9.17, 15) is 9.59 Å². The van der Waals surface area contributed by atoms with Gasteiger partial charge in [0.25, 0.3) is 0 Å². The lowest BCUT2D eigenvalue weighted by atomic mass is 9.96. The van der Waals surface area contributed by atoms with Gasteiger partial charge >= 0.3 is 6.03 Å². The van der Waals surface area contributed by atoms with Crippen molar-refractivity contribution in [2.75, 3.05) is 37.4 Å². The normalized spacial score (nSPS) is 18.2. The molecule has 3 rings (SSSR count). The Morgan fingerprint density at radius 3 is 2.21 bits per heavy atom. The van der Waals surface area contributed by atoms with E-state index < -0.39 is 0 Å². The number of anilines is 2.